The molecule has 0 saturated carbocycles. The normalized spacial score (nSPS) is 24.8. The Morgan fingerprint density at radius 1 is 0.548 bits per heavy atom. The van der Waals surface area contributed by atoms with Crippen LogP contribution in [0.15, 0.2) is 0 Å². The van der Waals surface area contributed by atoms with Crippen molar-refractivity contribution in [1.29, 1.82) is 0 Å². The van der Waals surface area contributed by atoms with E-state index in [9.17, 15) is 0 Å². The molecule has 0 amide bonds. The zero-order valence-corrected chi connectivity index (χ0v) is 24.4. The second-order valence-corrected chi connectivity index (χ2v) is 21.6. The Balaban J connectivity index is 1.72. The zero-order chi connectivity index (χ0) is 23.9. The lowest BCUT2D eigenvalue weighted by atomic mass is 9.83. The molecule has 0 aromatic rings. The van der Waals surface area contributed by atoms with Gasteiger partial charge in [0.25, 0.3) is 0 Å². The Labute approximate surface area is 195 Å². The minimum Gasteiger partial charge on any atom is -0.455 e. The Hall–Kier alpha value is 0.364. The van der Waals surface area contributed by atoms with Crippen molar-refractivity contribution in [1.82, 2.24) is 0 Å². The molecule has 0 N–H and O–H groups in total. The van der Waals surface area contributed by atoms with Gasteiger partial charge in [0.05, 0.1) is 22.4 Å². The van der Waals surface area contributed by atoms with Gasteiger partial charge in [0.15, 0.2) is 16.6 Å². The van der Waals surface area contributed by atoms with Gasteiger partial charge in [-0.2, -0.15) is 0 Å². The van der Waals surface area contributed by atoms with Gasteiger partial charge in [-0.3, -0.25) is 0 Å². The third-order valence-corrected chi connectivity index (χ3v) is 15.1. The van der Waals surface area contributed by atoms with E-state index in [-0.39, 0.29) is 36.6 Å². The molecule has 2 saturated heterocycles. The Morgan fingerprint density at radius 2 is 0.806 bits per heavy atom. The standard InChI is InChI=1S/C22H48B2O5Si2/c1-19(2)20(3,4)26-23(25-19)15-13-17-30(9,10)29-31(11,12)18-14-16-24-27-21(5,6)22(7,8)28-24/h13-18H2,1-12H3. The van der Waals surface area contributed by atoms with E-state index in [1.54, 1.807) is 0 Å². The average Bonchev–Trinajstić information content (AvgIpc) is 2.84. The molecular weight excluding hydrogens is 422 g/mol. The summed E-state index contributed by atoms with van der Waals surface area (Å²) in [5.41, 5.74) is -0.971. The van der Waals surface area contributed by atoms with E-state index >= 15 is 0 Å². The van der Waals surface area contributed by atoms with Crippen molar-refractivity contribution < 1.29 is 22.7 Å². The third kappa shape index (κ3) is 7.17. The number of hydrogen-bond acceptors (Lipinski definition) is 5. The molecule has 9 heteroatoms. The quantitative estimate of drug-likeness (QED) is 0.347. The fraction of sp³-hybridized carbons (Fsp3) is 1.00. The predicted octanol–water partition coefficient (Wildman–Crippen LogP) is 6.38. The molecule has 180 valence electrons. The minimum absolute atomic E-state index is 0.0973. The molecule has 2 aliphatic rings. The van der Waals surface area contributed by atoms with Crippen LogP contribution in [0.4, 0.5) is 0 Å². The molecule has 31 heavy (non-hydrogen) atoms. The highest BCUT2D eigenvalue weighted by molar-refractivity contribution is 6.84. The molecule has 0 aromatic carbocycles. The molecule has 0 radical (unpaired) electrons. The van der Waals surface area contributed by atoms with Gasteiger partial charge in [0.1, 0.15) is 0 Å². The van der Waals surface area contributed by atoms with Crippen LogP contribution >= 0.6 is 0 Å². The summed E-state index contributed by atoms with van der Waals surface area (Å²) in [6.07, 6.45) is 4.07. The van der Waals surface area contributed by atoms with Crippen LogP contribution in [-0.4, -0.2) is 53.3 Å². The summed E-state index contributed by atoms with van der Waals surface area (Å²) in [4.78, 5) is 0. The van der Waals surface area contributed by atoms with Gasteiger partial charge in [0.2, 0.25) is 0 Å². The highest BCUT2D eigenvalue weighted by atomic mass is 28.4. The maximum Gasteiger partial charge on any atom is 0.457 e. The maximum absolute atomic E-state index is 6.83. The summed E-state index contributed by atoms with van der Waals surface area (Å²) in [7, 11) is -3.64. The summed E-state index contributed by atoms with van der Waals surface area (Å²) in [5.74, 6) is 0. The van der Waals surface area contributed by atoms with Gasteiger partial charge in [-0.05, 0) is 106 Å². The highest BCUT2D eigenvalue weighted by Gasteiger charge is 2.51. The zero-order valence-electron chi connectivity index (χ0n) is 22.4. The van der Waals surface area contributed by atoms with Crippen LogP contribution in [0.3, 0.4) is 0 Å². The van der Waals surface area contributed by atoms with Gasteiger partial charge in [-0.15, -0.1) is 0 Å². The SMILES string of the molecule is CC1(C)OB(CCC[Si](C)(C)O[Si](C)(C)CCCB2OC(C)(C)C(C)(C)O2)OC1(C)C. The first-order valence-electron chi connectivity index (χ1n) is 12.2. The van der Waals surface area contributed by atoms with E-state index in [4.69, 9.17) is 22.7 Å². The first-order chi connectivity index (χ1) is 13.8. The van der Waals surface area contributed by atoms with Gasteiger partial charge < -0.3 is 22.7 Å². The minimum atomic E-state index is -1.72. The molecule has 2 fully saturated rings. The molecule has 0 spiro atoms. The predicted molar refractivity (Wildman–Crippen MR) is 137 cm³/mol. The molecule has 0 atom stereocenters. The molecule has 0 unspecified atom stereocenters. The fourth-order valence-corrected chi connectivity index (χ4v) is 13.3. The molecule has 2 aliphatic heterocycles. The summed E-state index contributed by atoms with van der Waals surface area (Å²) in [6.45, 7) is 26.4. The largest absolute Gasteiger partial charge is 0.457 e. The van der Waals surface area contributed by atoms with Crippen LogP contribution in [0.2, 0.25) is 50.9 Å². The van der Waals surface area contributed by atoms with E-state index in [2.05, 4.69) is 81.6 Å². The van der Waals surface area contributed by atoms with Crippen molar-refractivity contribution in [2.75, 3.05) is 0 Å². The lowest BCUT2D eigenvalue weighted by Crippen LogP contribution is -2.44. The van der Waals surface area contributed by atoms with E-state index in [0.29, 0.717) is 0 Å². The van der Waals surface area contributed by atoms with Gasteiger partial charge >= 0.3 is 14.2 Å². The second kappa shape index (κ2) is 9.19. The van der Waals surface area contributed by atoms with Crippen LogP contribution in [0.25, 0.3) is 0 Å². The molecule has 0 bridgehead atoms. The Morgan fingerprint density at radius 3 is 1.06 bits per heavy atom. The van der Waals surface area contributed by atoms with Gasteiger partial charge in [-0.1, -0.05) is 12.8 Å². The van der Waals surface area contributed by atoms with E-state index in [1.165, 1.54) is 0 Å². The lowest BCUT2D eigenvalue weighted by molar-refractivity contribution is 0.00578. The summed E-state index contributed by atoms with van der Waals surface area (Å²) >= 11 is 0. The van der Waals surface area contributed by atoms with Crippen LogP contribution in [-0.2, 0) is 22.7 Å². The maximum atomic E-state index is 6.83. The summed E-state index contributed by atoms with van der Waals surface area (Å²) in [6, 6.07) is 2.29. The van der Waals surface area contributed by atoms with Crippen molar-refractivity contribution in [3.8, 4) is 0 Å². The van der Waals surface area contributed by atoms with Crippen LogP contribution < -0.4 is 0 Å². The first kappa shape index (κ1) is 27.6. The van der Waals surface area contributed by atoms with E-state index in [1.807, 2.05) is 0 Å². The Bertz CT molecular complexity index is 539. The second-order valence-electron chi connectivity index (χ2n) is 12.8. The van der Waals surface area contributed by atoms with Crippen LogP contribution in [0.5, 0.6) is 0 Å². The fourth-order valence-electron chi connectivity index (χ4n) is 4.40. The topological polar surface area (TPSA) is 46.2 Å². The van der Waals surface area contributed by atoms with Crippen molar-refractivity contribution in [2.45, 2.75) is 142 Å². The highest BCUT2D eigenvalue weighted by Crippen LogP contribution is 2.39. The first-order valence-corrected chi connectivity index (χ1v) is 18.4. The van der Waals surface area contributed by atoms with Crippen molar-refractivity contribution >= 4 is 30.9 Å². The number of rotatable bonds is 10. The molecule has 5 nitrogen and oxygen atoms in total. The molecule has 2 rings (SSSR count). The number of hydrogen-bond donors (Lipinski definition) is 0. The molecule has 0 aromatic heterocycles. The Kier molecular flexibility index (Phi) is 8.19. The van der Waals surface area contributed by atoms with Crippen LogP contribution in [0.1, 0.15) is 68.2 Å². The lowest BCUT2D eigenvalue weighted by Gasteiger charge is -2.34. The third-order valence-electron chi connectivity index (χ3n) is 7.59. The average molecular weight is 470 g/mol. The van der Waals surface area contributed by atoms with Gasteiger partial charge in [0, 0.05) is 0 Å². The smallest absolute Gasteiger partial charge is 0.455 e. The van der Waals surface area contributed by atoms with E-state index in [0.717, 1.165) is 37.6 Å². The van der Waals surface area contributed by atoms with Crippen molar-refractivity contribution in [3.63, 3.8) is 0 Å². The summed E-state index contributed by atoms with van der Waals surface area (Å²) in [5, 5.41) is 0. The molecular formula is C22H48B2O5Si2. The molecule has 0 aliphatic carbocycles. The summed E-state index contributed by atoms with van der Waals surface area (Å²) < 4.78 is 31.4. The van der Waals surface area contributed by atoms with Gasteiger partial charge in [-0.25, -0.2) is 0 Å². The van der Waals surface area contributed by atoms with Crippen molar-refractivity contribution in [3.05, 3.63) is 0 Å². The van der Waals surface area contributed by atoms with E-state index < -0.39 is 16.6 Å². The monoisotopic (exact) mass is 470 g/mol. The van der Waals surface area contributed by atoms with Crippen molar-refractivity contribution in [2.24, 2.45) is 0 Å². The molecule has 2 heterocycles. The van der Waals surface area contributed by atoms with Crippen LogP contribution in [0, 0.1) is 0 Å².